The molecule has 0 aliphatic rings. The number of hydrogen-bond acceptors (Lipinski definition) is 2. The molecule has 1 N–H and O–H groups in total. The molecule has 106 valence electrons. The summed E-state index contributed by atoms with van der Waals surface area (Å²) >= 11 is 10.2. The van der Waals surface area contributed by atoms with Crippen molar-refractivity contribution in [1.82, 2.24) is 3.94 Å². The van der Waals surface area contributed by atoms with Crippen molar-refractivity contribution in [3.05, 3.63) is 24.3 Å². The number of anilines is 1. The van der Waals surface area contributed by atoms with E-state index < -0.39 is 24.3 Å². The summed E-state index contributed by atoms with van der Waals surface area (Å²) < 4.78 is 52.9. The summed E-state index contributed by atoms with van der Waals surface area (Å²) in [6.07, 6.45) is -8.54. The number of rotatable bonds is 4. The number of urea groups is 1. The number of ether oxygens (including phenoxy) is 1. The zero-order chi connectivity index (χ0) is 14.6. The van der Waals surface area contributed by atoms with Gasteiger partial charge in [0.05, 0.1) is 0 Å². The molecule has 0 aliphatic heterocycles. The van der Waals surface area contributed by atoms with E-state index in [2.05, 4.69) is 10.1 Å². The molecule has 0 fully saturated rings. The number of nitrogens with one attached hydrogen (secondary N) is 1. The summed E-state index contributed by atoms with van der Waals surface area (Å²) in [4.78, 5) is 11.0. The van der Waals surface area contributed by atoms with Crippen LogP contribution in [0.25, 0.3) is 0 Å². The van der Waals surface area contributed by atoms with E-state index in [9.17, 15) is 22.4 Å². The van der Waals surface area contributed by atoms with Gasteiger partial charge in [0, 0.05) is 29.2 Å². The zero-order valence-corrected chi connectivity index (χ0v) is 10.4. The minimum absolute atomic E-state index is 0.156. The van der Waals surface area contributed by atoms with Crippen molar-refractivity contribution >= 4 is 35.3 Å². The molecule has 0 heterocycles. The fourth-order valence-electron chi connectivity index (χ4n) is 0.974. The highest BCUT2D eigenvalue weighted by molar-refractivity contribution is 6.42. The fourth-order valence-corrected chi connectivity index (χ4v) is 1.06. The van der Waals surface area contributed by atoms with Crippen LogP contribution < -0.4 is 10.1 Å². The van der Waals surface area contributed by atoms with E-state index in [1.54, 1.807) is 0 Å². The number of benzene rings is 1. The van der Waals surface area contributed by atoms with Crippen LogP contribution in [0.5, 0.6) is 5.75 Å². The largest absolute Gasteiger partial charge is 0.461 e. The first-order valence-electron chi connectivity index (χ1n) is 4.60. The number of amides is 2. The molecule has 1 aromatic rings. The summed E-state index contributed by atoms with van der Waals surface area (Å²) in [7, 11) is 0. The van der Waals surface area contributed by atoms with Crippen molar-refractivity contribution in [2.45, 2.75) is 12.5 Å². The van der Waals surface area contributed by atoms with Crippen LogP contribution in [-0.2, 0) is 0 Å². The van der Waals surface area contributed by atoms with Crippen LogP contribution in [0.4, 0.5) is 28.0 Å². The Kier molecular flexibility index (Phi) is 5.07. The highest BCUT2D eigenvalue weighted by Gasteiger charge is 2.43. The van der Waals surface area contributed by atoms with E-state index in [0.717, 1.165) is 24.3 Å². The summed E-state index contributed by atoms with van der Waals surface area (Å²) in [5, 5.41) is 2.19. The maximum Gasteiger partial charge on any atom is 0.461 e. The van der Waals surface area contributed by atoms with Crippen LogP contribution in [0.1, 0.15) is 0 Å². The van der Waals surface area contributed by atoms with E-state index in [-0.39, 0.29) is 9.63 Å². The van der Waals surface area contributed by atoms with Crippen LogP contribution in [0.2, 0.25) is 0 Å². The number of alkyl halides is 4. The van der Waals surface area contributed by atoms with Gasteiger partial charge in [0.15, 0.2) is 0 Å². The molecular weight excluding hydrogens is 315 g/mol. The van der Waals surface area contributed by atoms with Crippen LogP contribution in [0.3, 0.4) is 0 Å². The maximum atomic E-state index is 12.6. The molecule has 0 aromatic heterocycles. The Bertz CT molecular complexity index is 442. The number of carbonyl (C=O) groups is 1. The molecule has 19 heavy (non-hydrogen) atoms. The Hall–Kier alpha value is -1.41. The van der Waals surface area contributed by atoms with Gasteiger partial charge in [0.2, 0.25) is 0 Å². The van der Waals surface area contributed by atoms with Crippen molar-refractivity contribution in [3.8, 4) is 5.75 Å². The number of halogens is 6. The van der Waals surface area contributed by atoms with E-state index in [1.807, 2.05) is 0 Å². The van der Waals surface area contributed by atoms with Crippen molar-refractivity contribution < 1.29 is 27.1 Å². The first kappa shape index (κ1) is 15.6. The Morgan fingerprint density at radius 1 is 1.26 bits per heavy atom. The van der Waals surface area contributed by atoms with Crippen LogP contribution in [0.15, 0.2) is 24.3 Å². The lowest BCUT2D eigenvalue weighted by Crippen LogP contribution is -2.33. The molecule has 0 aliphatic carbocycles. The van der Waals surface area contributed by atoms with Crippen molar-refractivity contribution in [2.75, 3.05) is 5.32 Å². The number of hydrogen-bond donors (Lipinski definition) is 1. The molecular formula is C9H6Cl2F4N2O2. The smallest absolute Gasteiger partial charge is 0.428 e. The molecule has 0 saturated carbocycles. The van der Waals surface area contributed by atoms with Crippen molar-refractivity contribution in [2.24, 2.45) is 0 Å². The van der Waals surface area contributed by atoms with Gasteiger partial charge in [-0.2, -0.15) is 17.6 Å². The second-order valence-corrected chi connectivity index (χ2v) is 4.00. The fraction of sp³-hybridized carbons (Fsp3) is 0.222. The average molecular weight is 321 g/mol. The Balaban J connectivity index is 2.69. The highest BCUT2D eigenvalue weighted by atomic mass is 35.5. The molecule has 0 atom stereocenters. The van der Waals surface area contributed by atoms with Gasteiger partial charge in [-0.1, -0.05) is 0 Å². The third-order valence-electron chi connectivity index (χ3n) is 1.77. The average Bonchev–Trinajstić information content (AvgIpc) is 2.30. The number of nitrogens with zero attached hydrogens (tertiary/aromatic N) is 1. The zero-order valence-electron chi connectivity index (χ0n) is 8.92. The summed E-state index contributed by atoms with van der Waals surface area (Å²) in [5.74, 6) is -0.489. The first-order valence-corrected chi connectivity index (χ1v) is 5.27. The predicted molar refractivity (Wildman–Crippen MR) is 60.6 cm³/mol. The molecule has 0 saturated heterocycles. The van der Waals surface area contributed by atoms with Crippen molar-refractivity contribution in [1.29, 1.82) is 0 Å². The Morgan fingerprint density at radius 3 is 2.21 bits per heavy atom. The van der Waals surface area contributed by atoms with Crippen molar-refractivity contribution in [3.63, 3.8) is 0 Å². The van der Waals surface area contributed by atoms with Gasteiger partial charge < -0.3 is 10.1 Å². The van der Waals surface area contributed by atoms with E-state index in [4.69, 9.17) is 23.6 Å². The third kappa shape index (κ3) is 4.64. The lowest BCUT2D eigenvalue weighted by atomic mass is 10.3. The summed E-state index contributed by atoms with van der Waals surface area (Å²) in [5.41, 5.74) is 0.156. The minimum Gasteiger partial charge on any atom is -0.428 e. The molecule has 0 radical (unpaired) electrons. The third-order valence-corrected chi connectivity index (χ3v) is 2.07. The summed E-state index contributed by atoms with van der Waals surface area (Å²) in [6, 6.07) is 3.35. The molecule has 0 bridgehead atoms. The number of carbonyl (C=O) groups excluding carboxylic acids is 1. The first-order chi connectivity index (χ1) is 8.72. The molecule has 10 heteroatoms. The highest BCUT2D eigenvalue weighted by Crippen LogP contribution is 2.28. The quantitative estimate of drug-likeness (QED) is 0.671. The lowest BCUT2D eigenvalue weighted by molar-refractivity contribution is -0.253. The molecule has 4 nitrogen and oxygen atoms in total. The molecule has 2 amide bonds. The lowest BCUT2D eigenvalue weighted by Gasteiger charge is -2.17. The van der Waals surface area contributed by atoms with Gasteiger partial charge in [-0.25, -0.2) is 4.79 Å². The van der Waals surface area contributed by atoms with E-state index >= 15 is 0 Å². The normalized spacial score (nSPS) is 11.3. The Labute approximate surface area is 115 Å². The molecule has 1 rings (SSSR count). The monoisotopic (exact) mass is 320 g/mol. The van der Waals surface area contributed by atoms with Gasteiger partial charge in [-0.05, 0) is 24.3 Å². The topological polar surface area (TPSA) is 41.6 Å². The van der Waals surface area contributed by atoms with E-state index in [1.165, 1.54) is 0 Å². The van der Waals surface area contributed by atoms with Gasteiger partial charge in [-0.3, -0.25) is 0 Å². The van der Waals surface area contributed by atoms with Gasteiger partial charge in [0.25, 0.3) is 0 Å². The standard InChI is InChI=1S/C9H6Cl2F4N2O2/c10-17(11)8(18)16-5-1-3-6(4-2-5)19-9(14,15)7(12)13/h1-4,7H,(H,16,18). The van der Waals surface area contributed by atoms with Crippen LogP contribution >= 0.6 is 23.6 Å². The van der Waals surface area contributed by atoms with E-state index in [0.29, 0.717) is 0 Å². The SMILES string of the molecule is O=C(Nc1ccc(OC(F)(F)C(F)F)cc1)N(Cl)Cl. The van der Waals surface area contributed by atoms with Gasteiger partial charge >= 0.3 is 18.6 Å². The predicted octanol–water partition coefficient (Wildman–Crippen LogP) is 4.06. The molecule has 0 unspecified atom stereocenters. The van der Waals surface area contributed by atoms with Gasteiger partial charge in [-0.15, -0.1) is 3.94 Å². The van der Waals surface area contributed by atoms with Crippen LogP contribution in [-0.4, -0.2) is 22.5 Å². The second-order valence-electron chi connectivity index (χ2n) is 3.15. The van der Waals surface area contributed by atoms with Gasteiger partial charge in [0.1, 0.15) is 5.75 Å². The Morgan fingerprint density at radius 2 is 1.79 bits per heavy atom. The molecule has 1 aromatic carbocycles. The molecule has 0 spiro atoms. The summed E-state index contributed by atoms with van der Waals surface area (Å²) in [6.45, 7) is 0. The maximum absolute atomic E-state index is 12.6. The second kappa shape index (κ2) is 6.16. The minimum atomic E-state index is -4.59. The van der Waals surface area contributed by atoms with Crippen LogP contribution in [0, 0.1) is 0 Å².